The van der Waals surface area contributed by atoms with E-state index in [9.17, 15) is 0 Å². The third kappa shape index (κ3) is 2.94. The summed E-state index contributed by atoms with van der Waals surface area (Å²) in [7, 11) is 0. The Kier molecular flexibility index (Phi) is 4.07. The van der Waals surface area contributed by atoms with Gasteiger partial charge in [-0.25, -0.2) is 0 Å². The third-order valence-corrected chi connectivity index (χ3v) is 3.81. The summed E-state index contributed by atoms with van der Waals surface area (Å²) in [5.41, 5.74) is 5.05. The van der Waals surface area contributed by atoms with Crippen molar-refractivity contribution in [2.24, 2.45) is 0 Å². The quantitative estimate of drug-likeness (QED) is 0.817. The molecule has 1 unspecified atom stereocenters. The Balaban J connectivity index is 2.21. The van der Waals surface area contributed by atoms with Crippen molar-refractivity contribution in [3.63, 3.8) is 0 Å². The fraction of sp³-hybridized carbons (Fsp3) is 0.250. The fourth-order valence-electron chi connectivity index (χ4n) is 2.12. The van der Waals surface area contributed by atoms with Crippen LogP contribution in [0.5, 0.6) is 0 Å². The fourth-order valence-corrected chi connectivity index (χ4v) is 2.73. The van der Waals surface area contributed by atoms with E-state index < -0.39 is 0 Å². The molecule has 0 bridgehead atoms. The van der Waals surface area contributed by atoms with Gasteiger partial charge in [-0.1, -0.05) is 30.3 Å². The number of hydrogen-bond donors (Lipinski definition) is 1. The van der Waals surface area contributed by atoms with Crippen LogP contribution in [0.15, 0.2) is 46.9 Å². The molecule has 0 spiro atoms. The van der Waals surface area contributed by atoms with Crippen molar-refractivity contribution >= 4 is 21.6 Å². The molecule has 0 fully saturated rings. The second-order valence-electron chi connectivity index (χ2n) is 4.71. The number of rotatable bonds is 3. The average Bonchev–Trinajstić information content (AvgIpc) is 2.33. The van der Waals surface area contributed by atoms with Gasteiger partial charge in [0, 0.05) is 16.2 Å². The molecule has 0 aromatic heterocycles. The summed E-state index contributed by atoms with van der Waals surface area (Å²) >= 11 is 3.60. The van der Waals surface area contributed by atoms with E-state index in [4.69, 9.17) is 0 Å². The minimum atomic E-state index is 0.296. The van der Waals surface area contributed by atoms with E-state index in [0.29, 0.717) is 6.04 Å². The van der Waals surface area contributed by atoms with Crippen molar-refractivity contribution in [1.29, 1.82) is 0 Å². The molecule has 1 atom stereocenters. The molecule has 2 aromatic carbocycles. The first-order valence-electron chi connectivity index (χ1n) is 6.16. The van der Waals surface area contributed by atoms with Gasteiger partial charge in [0.2, 0.25) is 0 Å². The predicted octanol–water partition coefficient (Wildman–Crippen LogP) is 5.24. The van der Waals surface area contributed by atoms with Gasteiger partial charge in [0.15, 0.2) is 0 Å². The lowest BCUT2D eigenvalue weighted by Gasteiger charge is -2.19. The Morgan fingerprint density at radius 2 is 1.78 bits per heavy atom. The first-order chi connectivity index (χ1) is 8.58. The SMILES string of the molecule is Cc1ccc(NC(C)c2ccccc2C)c(Br)c1. The van der Waals surface area contributed by atoms with E-state index in [1.807, 2.05) is 0 Å². The van der Waals surface area contributed by atoms with Crippen molar-refractivity contribution in [1.82, 2.24) is 0 Å². The summed E-state index contributed by atoms with van der Waals surface area (Å²) < 4.78 is 1.11. The van der Waals surface area contributed by atoms with Gasteiger partial charge in [0.1, 0.15) is 0 Å². The number of hydrogen-bond acceptors (Lipinski definition) is 1. The van der Waals surface area contributed by atoms with Gasteiger partial charge in [-0.3, -0.25) is 0 Å². The van der Waals surface area contributed by atoms with Gasteiger partial charge in [-0.15, -0.1) is 0 Å². The molecule has 94 valence electrons. The lowest BCUT2D eigenvalue weighted by atomic mass is 10.0. The smallest absolute Gasteiger partial charge is 0.0489 e. The number of anilines is 1. The zero-order valence-corrected chi connectivity index (χ0v) is 12.6. The van der Waals surface area contributed by atoms with E-state index >= 15 is 0 Å². The molecule has 0 saturated carbocycles. The molecule has 0 amide bonds. The molecule has 0 aliphatic carbocycles. The third-order valence-electron chi connectivity index (χ3n) is 3.15. The summed E-state index contributed by atoms with van der Waals surface area (Å²) in [6.45, 7) is 6.44. The van der Waals surface area contributed by atoms with Gasteiger partial charge in [-0.2, -0.15) is 0 Å². The summed E-state index contributed by atoms with van der Waals surface area (Å²) in [5, 5.41) is 3.55. The van der Waals surface area contributed by atoms with Crippen LogP contribution >= 0.6 is 15.9 Å². The molecule has 1 N–H and O–H groups in total. The predicted molar refractivity (Wildman–Crippen MR) is 82.1 cm³/mol. The highest BCUT2D eigenvalue weighted by molar-refractivity contribution is 9.10. The number of nitrogens with one attached hydrogen (secondary N) is 1. The number of benzene rings is 2. The molecular weight excluding hydrogens is 286 g/mol. The highest BCUT2D eigenvalue weighted by Gasteiger charge is 2.09. The van der Waals surface area contributed by atoms with Gasteiger partial charge in [-0.05, 0) is 65.5 Å². The first-order valence-corrected chi connectivity index (χ1v) is 6.95. The summed E-state index contributed by atoms with van der Waals surface area (Å²) in [6.07, 6.45) is 0. The summed E-state index contributed by atoms with van der Waals surface area (Å²) in [6, 6.07) is 15.2. The van der Waals surface area contributed by atoms with E-state index in [1.165, 1.54) is 16.7 Å². The summed E-state index contributed by atoms with van der Waals surface area (Å²) in [5.74, 6) is 0. The lowest BCUT2D eigenvalue weighted by molar-refractivity contribution is 0.873. The van der Waals surface area contributed by atoms with E-state index in [0.717, 1.165) is 10.2 Å². The van der Waals surface area contributed by atoms with Crippen LogP contribution in [0, 0.1) is 13.8 Å². The Morgan fingerprint density at radius 3 is 2.44 bits per heavy atom. The van der Waals surface area contributed by atoms with Crippen molar-refractivity contribution in [2.75, 3.05) is 5.32 Å². The molecule has 0 radical (unpaired) electrons. The van der Waals surface area contributed by atoms with E-state index in [-0.39, 0.29) is 0 Å². The monoisotopic (exact) mass is 303 g/mol. The topological polar surface area (TPSA) is 12.0 Å². The van der Waals surface area contributed by atoms with Gasteiger partial charge in [0.05, 0.1) is 0 Å². The van der Waals surface area contributed by atoms with Crippen LogP contribution in [0.4, 0.5) is 5.69 Å². The standard InChI is InChI=1S/C16H18BrN/c1-11-8-9-16(15(17)10-11)18-13(3)14-7-5-4-6-12(14)2/h4-10,13,18H,1-3H3. The van der Waals surface area contributed by atoms with E-state index in [2.05, 4.69) is 84.5 Å². The maximum absolute atomic E-state index is 3.60. The van der Waals surface area contributed by atoms with Crippen molar-refractivity contribution in [2.45, 2.75) is 26.8 Å². The molecule has 0 heterocycles. The maximum atomic E-state index is 3.60. The van der Waals surface area contributed by atoms with Gasteiger partial charge < -0.3 is 5.32 Å². The van der Waals surface area contributed by atoms with E-state index in [1.54, 1.807) is 0 Å². The zero-order valence-electron chi connectivity index (χ0n) is 11.0. The van der Waals surface area contributed by atoms with Crippen LogP contribution in [-0.4, -0.2) is 0 Å². The second kappa shape index (κ2) is 5.57. The van der Waals surface area contributed by atoms with Crippen LogP contribution in [0.2, 0.25) is 0 Å². The minimum Gasteiger partial charge on any atom is -0.378 e. The van der Waals surface area contributed by atoms with Crippen LogP contribution in [-0.2, 0) is 0 Å². The Labute approximate surface area is 117 Å². The molecule has 2 rings (SSSR count). The molecule has 0 aliphatic heterocycles. The number of halogens is 1. The largest absolute Gasteiger partial charge is 0.378 e. The Hall–Kier alpha value is -1.28. The molecule has 2 heteroatoms. The van der Waals surface area contributed by atoms with Crippen LogP contribution < -0.4 is 5.32 Å². The highest BCUT2D eigenvalue weighted by atomic mass is 79.9. The van der Waals surface area contributed by atoms with Gasteiger partial charge in [0.25, 0.3) is 0 Å². The first kappa shape index (κ1) is 13.2. The van der Waals surface area contributed by atoms with Crippen LogP contribution in [0.25, 0.3) is 0 Å². The number of aryl methyl sites for hydroxylation is 2. The summed E-state index contributed by atoms with van der Waals surface area (Å²) in [4.78, 5) is 0. The van der Waals surface area contributed by atoms with Crippen LogP contribution in [0.3, 0.4) is 0 Å². The molecule has 0 saturated heterocycles. The van der Waals surface area contributed by atoms with Gasteiger partial charge >= 0.3 is 0 Å². The van der Waals surface area contributed by atoms with Crippen molar-refractivity contribution < 1.29 is 0 Å². The van der Waals surface area contributed by atoms with Crippen LogP contribution in [0.1, 0.15) is 29.7 Å². The second-order valence-corrected chi connectivity index (χ2v) is 5.56. The molecule has 2 aromatic rings. The Bertz CT molecular complexity index is 549. The van der Waals surface area contributed by atoms with Crippen molar-refractivity contribution in [3.8, 4) is 0 Å². The highest BCUT2D eigenvalue weighted by Crippen LogP contribution is 2.28. The molecule has 0 aliphatic rings. The molecular formula is C16H18BrN. The average molecular weight is 304 g/mol. The molecule has 1 nitrogen and oxygen atoms in total. The maximum Gasteiger partial charge on any atom is 0.0489 e. The minimum absolute atomic E-state index is 0.296. The lowest BCUT2D eigenvalue weighted by Crippen LogP contribution is -2.08. The molecule has 18 heavy (non-hydrogen) atoms. The Morgan fingerprint density at radius 1 is 1.06 bits per heavy atom. The zero-order chi connectivity index (χ0) is 13.1. The normalized spacial score (nSPS) is 12.2. The van der Waals surface area contributed by atoms with Crippen molar-refractivity contribution in [3.05, 3.63) is 63.6 Å².